The summed E-state index contributed by atoms with van der Waals surface area (Å²) < 4.78 is 17.4. The monoisotopic (exact) mass is 416 g/mol. The van der Waals surface area contributed by atoms with Gasteiger partial charge in [-0.1, -0.05) is 24.3 Å². The van der Waals surface area contributed by atoms with Gasteiger partial charge in [0.15, 0.2) is 0 Å². The van der Waals surface area contributed by atoms with Crippen molar-refractivity contribution < 1.29 is 19.0 Å². The minimum atomic E-state index is -0.181. The number of ether oxygens (including phenoxy) is 3. The Hall–Kier alpha value is -4.20. The van der Waals surface area contributed by atoms with Gasteiger partial charge in [-0.2, -0.15) is 4.98 Å². The number of methoxy groups -OCH3 is 3. The second kappa shape index (κ2) is 8.66. The van der Waals surface area contributed by atoms with Crippen molar-refractivity contribution in [3.63, 3.8) is 0 Å². The van der Waals surface area contributed by atoms with Crippen molar-refractivity contribution in [3.05, 3.63) is 78.5 Å². The van der Waals surface area contributed by atoms with Crippen LogP contribution in [0.5, 0.6) is 17.6 Å². The first-order valence-electron chi connectivity index (χ1n) is 9.41. The van der Waals surface area contributed by atoms with Gasteiger partial charge in [0.1, 0.15) is 17.8 Å². The largest absolute Gasteiger partial charge is 0.497 e. The Kier molecular flexibility index (Phi) is 5.61. The second-order valence-corrected chi connectivity index (χ2v) is 6.56. The summed E-state index contributed by atoms with van der Waals surface area (Å²) in [5.74, 6) is 0.844. The van der Waals surface area contributed by atoms with Crippen molar-refractivity contribution in [2.24, 2.45) is 0 Å². The minimum Gasteiger partial charge on any atom is -0.497 e. The summed E-state index contributed by atoms with van der Waals surface area (Å²) in [7, 11) is 4.61. The minimum absolute atomic E-state index is 0.181. The van der Waals surface area contributed by atoms with E-state index < -0.39 is 0 Å². The van der Waals surface area contributed by atoms with Crippen LogP contribution >= 0.6 is 0 Å². The standard InChI is InChI=1S/C23H20N4O4/c1-29-18-9-5-7-16(11-18)21(28)20-13-27(14-25-20)17-8-4-6-15(10-17)19-12-24-23(31-3)26-22(19)30-2/h4-14H,1-3H3. The molecule has 2 aromatic heterocycles. The summed E-state index contributed by atoms with van der Waals surface area (Å²) in [6, 6.07) is 14.9. The third-order valence-corrected chi connectivity index (χ3v) is 4.71. The van der Waals surface area contributed by atoms with E-state index in [9.17, 15) is 4.79 Å². The lowest BCUT2D eigenvalue weighted by Gasteiger charge is -2.10. The van der Waals surface area contributed by atoms with Crippen molar-refractivity contribution in [1.82, 2.24) is 19.5 Å². The molecule has 0 spiro atoms. The molecule has 0 aliphatic rings. The van der Waals surface area contributed by atoms with Crippen LogP contribution in [-0.2, 0) is 0 Å². The fourth-order valence-corrected chi connectivity index (χ4v) is 3.13. The molecule has 2 aromatic carbocycles. The highest BCUT2D eigenvalue weighted by Crippen LogP contribution is 2.30. The molecule has 4 aromatic rings. The van der Waals surface area contributed by atoms with Crippen LogP contribution in [0.1, 0.15) is 16.1 Å². The van der Waals surface area contributed by atoms with Gasteiger partial charge >= 0.3 is 6.01 Å². The third-order valence-electron chi connectivity index (χ3n) is 4.71. The molecule has 0 radical (unpaired) electrons. The molecule has 4 rings (SSSR count). The van der Waals surface area contributed by atoms with Crippen LogP contribution in [-0.4, -0.2) is 46.6 Å². The van der Waals surface area contributed by atoms with E-state index in [-0.39, 0.29) is 11.8 Å². The first-order valence-corrected chi connectivity index (χ1v) is 9.41. The first kappa shape index (κ1) is 20.1. The number of imidazole rings is 1. The van der Waals surface area contributed by atoms with E-state index in [1.807, 2.05) is 24.3 Å². The predicted molar refractivity (Wildman–Crippen MR) is 114 cm³/mol. The zero-order valence-electron chi connectivity index (χ0n) is 17.3. The number of rotatable bonds is 7. The van der Waals surface area contributed by atoms with Crippen LogP contribution in [0.25, 0.3) is 16.8 Å². The highest BCUT2D eigenvalue weighted by atomic mass is 16.5. The molecule has 0 saturated carbocycles. The van der Waals surface area contributed by atoms with Crippen LogP contribution < -0.4 is 14.2 Å². The molecule has 2 heterocycles. The summed E-state index contributed by atoms with van der Waals surface area (Å²) in [6.45, 7) is 0. The van der Waals surface area contributed by atoms with E-state index in [0.717, 1.165) is 16.8 Å². The number of carbonyl (C=O) groups excluding carboxylic acids is 1. The Morgan fingerprint density at radius 1 is 0.935 bits per heavy atom. The smallest absolute Gasteiger partial charge is 0.319 e. The normalized spacial score (nSPS) is 10.5. The molecule has 0 atom stereocenters. The number of hydrogen-bond acceptors (Lipinski definition) is 7. The van der Waals surface area contributed by atoms with Gasteiger partial charge in [-0.05, 0) is 29.8 Å². The molecular formula is C23H20N4O4. The molecule has 8 nitrogen and oxygen atoms in total. The number of benzene rings is 2. The SMILES string of the molecule is COc1cccc(C(=O)c2cn(-c3cccc(-c4cnc(OC)nc4OC)c3)cn2)c1. The maximum absolute atomic E-state index is 12.8. The molecule has 156 valence electrons. The number of carbonyl (C=O) groups is 1. The summed E-state index contributed by atoms with van der Waals surface area (Å²) >= 11 is 0. The average molecular weight is 416 g/mol. The fourth-order valence-electron chi connectivity index (χ4n) is 3.13. The van der Waals surface area contributed by atoms with Crippen molar-refractivity contribution in [3.8, 4) is 34.5 Å². The van der Waals surface area contributed by atoms with Crippen molar-refractivity contribution in [2.45, 2.75) is 0 Å². The fraction of sp³-hybridized carbons (Fsp3) is 0.130. The summed E-state index contributed by atoms with van der Waals surface area (Å²) in [4.78, 5) is 25.5. The van der Waals surface area contributed by atoms with Gasteiger partial charge in [-0.25, -0.2) is 9.97 Å². The van der Waals surface area contributed by atoms with Crippen LogP contribution in [0.4, 0.5) is 0 Å². The predicted octanol–water partition coefficient (Wildman–Crippen LogP) is 3.59. The topological polar surface area (TPSA) is 88.4 Å². The summed E-state index contributed by atoms with van der Waals surface area (Å²) in [6.07, 6.45) is 4.95. The van der Waals surface area contributed by atoms with E-state index in [0.29, 0.717) is 22.9 Å². The molecule has 0 unspecified atom stereocenters. The Morgan fingerprint density at radius 2 is 1.77 bits per heavy atom. The molecule has 31 heavy (non-hydrogen) atoms. The van der Waals surface area contributed by atoms with Gasteiger partial charge < -0.3 is 18.8 Å². The van der Waals surface area contributed by atoms with E-state index in [1.165, 1.54) is 7.11 Å². The van der Waals surface area contributed by atoms with E-state index >= 15 is 0 Å². The van der Waals surface area contributed by atoms with Crippen LogP contribution in [0.3, 0.4) is 0 Å². The van der Waals surface area contributed by atoms with Gasteiger partial charge in [0.25, 0.3) is 0 Å². The molecule has 0 bridgehead atoms. The van der Waals surface area contributed by atoms with Crippen LogP contribution in [0, 0.1) is 0 Å². The zero-order chi connectivity index (χ0) is 21.8. The van der Waals surface area contributed by atoms with E-state index in [1.54, 1.807) is 61.8 Å². The van der Waals surface area contributed by atoms with Gasteiger partial charge in [0, 0.05) is 23.6 Å². The van der Waals surface area contributed by atoms with Crippen molar-refractivity contribution >= 4 is 5.78 Å². The Bertz CT molecular complexity index is 1240. The van der Waals surface area contributed by atoms with Crippen molar-refractivity contribution in [1.29, 1.82) is 0 Å². The number of hydrogen-bond donors (Lipinski definition) is 0. The molecule has 0 fully saturated rings. The van der Waals surface area contributed by atoms with Crippen LogP contribution in [0.15, 0.2) is 67.3 Å². The van der Waals surface area contributed by atoms with E-state index in [2.05, 4.69) is 15.0 Å². The third kappa shape index (κ3) is 4.09. The zero-order valence-corrected chi connectivity index (χ0v) is 17.3. The number of aromatic nitrogens is 4. The molecule has 0 saturated heterocycles. The first-order chi connectivity index (χ1) is 15.1. The van der Waals surface area contributed by atoms with Crippen molar-refractivity contribution in [2.75, 3.05) is 21.3 Å². The lowest BCUT2D eigenvalue weighted by atomic mass is 10.1. The van der Waals surface area contributed by atoms with Gasteiger partial charge in [0.05, 0.1) is 26.9 Å². The molecule has 0 aliphatic heterocycles. The maximum atomic E-state index is 12.8. The molecule has 0 amide bonds. The summed E-state index contributed by atoms with van der Waals surface area (Å²) in [5, 5.41) is 0. The second-order valence-electron chi connectivity index (χ2n) is 6.56. The highest BCUT2D eigenvalue weighted by Gasteiger charge is 2.15. The lowest BCUT2D eigenvalue weighted by molar-refractivity contribution is 0.103. The van der Waals surface area contributed by atoms with Gasteiger partial charge in [-0.15, -0.1) is 0 Å². The maximum Gasteiger partial charge on any atom is 0.319 e. The summed E-state index contributed by atoms with van der Waals surface area (Å²) in [5.41, 5.74) is 3.25. The Morgan fingerprint density at radius 3 is 2.55 bits per heavy atom. The lowest BCUT2D eigenvalue weighted by Crippen LogP contribution is -2.02. The highest BCUT2D eigenvalue weighted by molar-refractivity contribution is 6.07. The molecular weight excluding hydrogens is 396 g/mol. The Labute approximate surface area is 179 Å². The average Bonchev–Trinajstić information content (AvgIpc) is 3.33. The van der Waals surface area contributed by atoms with E-state index in [4.69, 9.17) is 14.2 Å². The Balaban J connectivity index is 1.65. The van der Waals surface area contributed by atoms with Crippen LogP contribution in [0.2, 0.25) is 0 Å². The quantitative estimate of drug-likeness (QED) is 0.426. The molecule has 0 aliphatic carbocycles. The number of ketones is 1. The molecule has 8 heteroatoms. The van der Waals surface area contributed by atoms with Gasteiger partial charge in [0.2, 0.25) is 11.7 Å². The number of nitrogens with zero attached hydrogens (tertiary/aromatic N) is 4. The van der Waals surface area contributed by atoms with Gasteiger partial charge in [-0.3, -0.25) is 4.79 Å². The molecule has 0 N–H and O–H groups in total.